The molecule has 0 saturated carbocycles. The van der Waals surface area contributed by atoms with Crippen LogP contribution >= 0.6 is 23.2 Å². The summed E-state index contributed by atoms with van der Waals surface area (Å²) in [5.41, 5.74) is -4.15. The van der Waals surface area contributed by atoms with Crippen LogP contribution in [0.4, 0.5) is 14.5 Å². The van der Waals surface area contributed by atoms with E-state index >= 15 is 4.39 Å². The molecule has 5 rings (SSSR count). The molecule has 0 radical (unpaired) electrons. The van der Waals surface area contributed by atoms with Crippen molar-refractivity contribution in [1.82, 2.24) is 9.55 Å². The summed E-state index contributed by atoms with van der Waals surface area (Å²) in [6.07, 6.45) is 3.28. The van der Waals surface area contributed by atoms with Gasteiger partial charge in [-0.3, -0.25) is 14.2 Å². The zero-order chi connectivity index (χ0) is 35.0. The number of nitrogens with zero attached hydrogens (tertiary/aromatic N) is 3. The van der Waals surface area contributed by atoms with Crippen molar-refractivity contribution >= 4 is 84.2 Å². The number of ketones is 1. The molecular formula is C29H26BCl2F2N3O8S2. The van der Waals surface area contributed by atoms with Gasteiger partial charge in [0.25, 0.3) is 5.91 Å². The summed E-state index contributed by atoms with van der Waals surface area (Å²) in [7, 11) is -10.6. The van der Waals surface area contributed by atoms with Crippen LogP contribution in [0.25, 0.3) is 11.0 Å². The lowest BCUT2D eigenvalue weighted by molar-refractivity contribution is 0.00578. The Labute approximate surface area is 279 Å². The van der Waals surface area contributed by atoms with E-state index in [9.17, 15) is 30.8 Å². The highest BCUT2D eigenvalue weighted by atomic mass is 35.5. The lowest BCUT2D eigenvalue weighted by Gasteiger charge is -2.32. The average Bonchev–Trinajstić information content (AvgIpc) is 3.41. The Morgan fingerprint density at radius 3 is 2.00 bits per heavy atom. The van der Waals surface area contributed by atoms with Crippen LogP contribution in [0.1, 0.15) is 54.0 Å². The third-order valence-corrected chi connectivity index (χ3v) is 11.8. The summed E-state index contributed by atoms with van der Waals surface area (Å²) < 4.78 is 93.2. The summed E-state index contributed by atoms with van der Waals surface area (Å²) in [6.45, 7) is 7.28. The zero-order valence-electron chi connectivity index (χ0n) is 25.6. The predicted octanol–water partition coefficient (Wildman–Crippen LogP) is 4.57. The van der Waals surface area contributed by atoms with Gasteiger partial charge >= 0.3 is 7.12 Å². The molecule has 0 unspecified atom stereocenters. The molecule has 0 bridgehead atoms. The molecule has 18 heteroatoms. The lowest BCUT2D eigenvalue weighted by atomic mass is 9.79. The molecule has 11 nitrogen and oxygen atoms in total. The molecular weight excluding hydrogens is 702 g/mol. The van der Waals surface area contributed by atoms with Crippen molar-refractivity contribution in [3.05, 3.63) is 87.2 Å². The molecule has 2 aromatic carbocycles. The fourth-order valence-electron chi connectivity index (χ4n) is 5.00. The SMILES string of the molecule is CC1(C)OB(c2cnc3c(c2)c(C(=O)c2ccc(F)c(N(S(C)(=O)=O)S(C)(=O)=O)c2F)cn3C(=O)c2c(Cl)cccc2Cl)OC1(C)C. The Hall–Kier alpha value is -3.41. The summed E-state index contributed by atoms with van der Waals surface area (Å²) in [5.74, 6) is -5.31. The molecule has 4 aromatic rings. The standard InChI is InChI=1S/C29H26BCl2F2N3O8S2/c1-28(2)29(3,4)45-30(44-28)15-12-17-18(14-36(26(17)35-13-15)27(39)22-19(31)8-7-9-20(22)32)25(38)16-10-11-21(33)24(23(16)34)37(46(5,40)41)47(6,42)43/h7-14H,1-6H3. The minimum absolute atomic E-state index is 0.00732. The van der Waals surface area contributed by atoms with Crippen LogP contribution in [0.2, 0.25) is 10.0 Å². The van der Waals surface area contributed by atoms with Crippen molar-refractivity contribution in [3.8, 4) is 0 Å². The molecule has 0 N–H and O–H groups in total. The molecule has 248 valence electrons. The number of pyridine rings is 1. The maximum Gasteiger partial charge on any atom is 0.496 e. The van der Waals surface area contributed by atoms with Gasteiger partial charge in [0.1, 0.15) is 11.3 Å². The maximum absolute atomic E-state index is 16.0. The molecule has 0 amide bonds. The second-order valence-corrected chi connectivity index (χ2v) is 16.6. The van der Waals surface area contributed by atoms with Gasteiger partial charge in [-0.2, -0.15) is 3.71 Å². The van der Waals surface area contributed by atoms with Crippen LogP contribution in [0.5, 0.6) is 0 Å². The first-order valence-corrected chi connectivity index (χ1v) is 18.1. The number of sulfonamides is 2. The average molecular weight is 728 g/mol. The summed E-state index contributed by atoms with van der Waals surface area (Å²) in [6, 6.07) is 7.08. The van der Waals surface area contributed by atoms with Crippen molar-refractivity contribution in [3.63, 3.8) is 0 Å². The van der Waals surface area contributed by atoms with Gasteiger partial charge < -0.3 is 9.31 Å². The van der Waals surface area contributed by atoms with Crippen LogP contribution in [-0.2, 0) is 29.4 Å². The van der Waals surface area contributed by atoms with E-state index in [1.807, 2.05) is 27.7 Å². The van der Waals surface area contributed by atoms with E-state index in [0.29, 0.717) is 24.0 Å². The third-order valence-electron chi connectivity index (χ3n) is 7.93. The van der Waals surface area contributed by atoms with Crippen molar-refractivity contribution < 1.29 is 44.5 Å². The molecule has 1 aliphatic rings. The highest BCUT2D eigenvalue weighted by Crippen LogP contribution is 2.37. The summed E-state index contributed by atoms with van der Waals surface area (Å²) in [4.78, 5) is 32.2. The minimum Gasteiger partial charge on any atom is -0.399 e. The molecule has 1 fully saturated rings. The molecule has 2 aromatic heterocycles. The number of rotatable bonds is 7. The Bertz CT molecular complexity index is 2160. The summed E-state index contributed by atoms with van der Waals surface area (Å²) >= 11 is 12.6. The molecule has 0 spiro atoms. The fraction of sp³-hybridized carbons (Fsp3) is 0.276. The normalized spacial score (nSPS) is 16.1. The molecule has 1 aliphatic heterocycles. The van der Waals surface area contributed by atoms with Crippen molar-refractivity contribution in [2.75, 3.05) is 16.2 Å². The van der Waals surface area contributed by atoms with E-state index in [-0.39, 0.29) is 32.2 Å². The monoisotopic (exact) mass is 727 g/mol. The van der Waals surface area contributed by atoms with E-state index in [4.69, 9.17) is 32.5 Å². The second-order valence-electron chi connectivity index (χ2n) is 11.9. The smallest absolute Gasteiger partial charge is 0.399 e. The number of hydrogen-bond acceptors (Lipinski definition) is 9. The van der Waals surface area contributed by atoms with Gasteiger partial charge in [0.05, 0.1) is 50.4 Å². The number of halogens is 4. The molecule has 1 saturated heterocycles. The van der Waals surface area contributed by atoms with Gasteiger partial charge in [0.2, 0.25) is 20.0 Å². The number of carbonyl (C=O) groups is 2. The Balaban J connectivity index is 1.75. The quantitative estimate of drug-likeness (QED) is 0.198. The number of anilines is 1. The number of aromatic nitrogens is 2. The highest BCUT2D eigenvalue weighted by molar-refractivity contribution is 8.09. The Kier molecular flexibility index (Phi) is 8.64. The number of benzene rings is 2. The predicted molar refractivity (Wildman–Crippen MR) is 174 cm³/mol. The number of fused-ring (bicyclic) bond motifs is 1. The Morgan fingerprint density at radius 2 is 1.47 bits per heavy atom. The number of hydrogen-bond donors (Lipinski definition) is 0. The van der Waals surface area contributed by atoms with E-state index in [1.165, 1.54) is 30.5 Å². The first-order chi connectivity index (χ1) is 21.6. The first kappa shape index (κ1) is 34.9. The largest absolute Gasteiger partial charge is 0.496 e. The van der Waals surface area contributed by atoms with Crippen LogP contribution in [-0.4, -0.2) is 68.9 Å². The van der Waals surface area contributed by atoms with Gasteiger partial charge in [-0.05, 0) is 58.0 Å². The molecule has 3 heterocycles. The van der Waals surface area contributed by atoms with Crippen LogP contribution in [0.3, 0.4) is 0 Å². The van der Waals surface area contributed by atoms with E-state index in [0.717, 1.165) is 16.8 Å². The van der Waals surface area contributed by atoms with Gasteiger partial charge in [-0.1, -0.05) is 29.3 Å². The minimum atomic E-state index is -4.80. The second kappa shape index (κ2) is 11.6. The fourth-order valence-corrected chi connectivity index (χ4v) is 8.52. The highest BCUT2D eigenvalue weighted by Gasteiger charge is 2.52. The van der Waals surface area contributed by atoms with Gasteiger partial charge in [-0.15, -0.1) is 0 Å². The topological polar surface area (TPSA) is 142 Å². The van der Waals surface area contributed by atoms with Gasteiger partial charge in [0, 0.05) is 23.2 Å². The van der Waals surface area contributed by atoms with Crippen LogP contribution in [0, 0.1) is 11.6 Å². The van der Waals surface area contributed by atoms with Crippen molar-refractivity contribution in [2.45, 2.75) is 38.9 Å². The summed E-state index contributed by atoms with van der Waals surface area (Å²) in [5, 5.41) is -0.0315. The van der Waals surface area contributed by atoms with Gasteiger partial charge in [0.15, 0.2) is 17.4 Å². The van der Waals surface area contributed by atoms with Gasteiger partial charge in [-0.25, -0.2) is 30.6 Å². The zero-order valence-corrected chi connectivity index (χ0v) is 28.8. The van der Waals surface area contributed by atoms with Crippen molar-refractivity contribution in [2.24, 2.45) is 0 Å². The lowest BCUT2D eigenvalue weighted by Crippen LogP contribution is -2.41. The van der Waals surface area contributed by atoms with E-state index in [2.05, 4.69) is 4.98 Å². The van der Waals surface area contributed by atoms with E-state index < -0.39 is 76.7 Å². The molecule has 0 aliphatic carbocycles. The Morgan fingerprint density at radius 1 is 0.915 bits per heavy atom. The van der Waals surface area contributed by atoms with Crippen LogP contribution in [0.15, 0.2) is 48.8 Å². The van der Waals surface area contributed by atoms with Crippen LogP contribution < -0.4 is 9.17 Å². The maximum atomic E-state index is 16.0. The van der Waals surface area contributed by atoms with Crippen molar-refractivity contribution in [1.29, 1.82) is 0 Å². The molecule has 47 heavy (non-hydrogen) atoms. The first-order valence-electron chi connectivity index (χ1n) is 13.7. The number of carbonyl (C=O) groups excluding carboxylic acids is 2. The third kappa shape index (κ3) is 6.06. The van der Waals surface area contributed by atoms with E-state index in [1.54, 1.807) is 0 Å². The molecule has 0 atom stereocenters.